The van der Waals surface area contributed by atoms with Crippen molar-refractivity contribution in [1.29, 1.82) is 0 Å². The van der Waals surface area contributed by atoms with Gasteiger partial charge in [0.05, 0.1) is 26.2 Å². The Morgan fingerprint density at radius 3 is 2.50 bits per heavy atom. The molecule has 0 aliphatic carbocycles. The second-order valence-electron chi connectivity index (χ2n) is 3.93. The van der Waals surface area contributed by atoms with E-state index in [0.717, 1.165) is 13.1 Å². The lowest BCUT2D eigenvalue weighted by molar-refractivity contribution is -0.661. The Kier molecular flexibility index (Phi) is 4.34. The molecule has 2 rings (SSSR count). The maximum absolute atomic E-state index is 12.0. The summed E-state index contributed by atoms with van der Waals surface area (Å²) in [6, 6.07) is 4.53. The molecule has 0 atom stereocenters. The predicted octanol–water partition coefficient (Wildman–Crippen LogP) is 1.12. The molecule has 1 aromatic rings. The summed E-state index contributed by atoms with van der Waals surface area (Å²) >= 11 is 11.7. The van der Waals surface area contributed by atoms with Crippen molar-refractivity contribution in [3.8, 4) is 0 Å². The van der Waals surface area contributed by atoms with E-state index < -0.39 is 10.2 Å². The van der Waals surface area contributed by atoms with Crippen molar-refractivity contribution < 1.29 is 13.7 Å². The van der Waals surface area contributed by atoms with Crippen LogP contribution in [0.1, 0.15) is 0 Å². The Bertz CT molecular complexity index is 530. The fourth-order valence-corrected chi connectivity index (χ4v) is 3.39. The summed E-state index contributed by atoms with van der Waals surface area (Å²) in [5.74, 6) is 0. The Balaban J connectivity index is 2.16. The number of nitrogens with two attached hydrogens (primary N) is 1. The zero-order valence-corrected chi connectivity index (χ0v) is 11.8. The van der Waals surface area contributed by atoms with Crippen LogP contribution in [0.5, 0.6) is 0 Å². The summed E-state index contributed by atoms with van der Waals surface area (Å²) in [5.41, 5.74) is 0.218. The zero-order chi connectivity index (χ0) is 13.2. The number of nitrogens with zero attached hydrogens (tertiary/aromatic N) is 2. The molecule has 1 aromatic carbocycles. The molecule has 1 heterocycles. The fourth-order valence-electron chi connectivity index (χ4n) is 1.69. The van der Waals surface area contributed by atoms with Gasteiger partial charge in [-0.05, 0) is 12.1 Å². The average molecular weight is 310 g/mol. The normalized spacial score (nSPS) is 17.7. The summed E-state index contributed by atoms with van der Waals surface area (Å²) in [7, 11) is -3.66. The van der Waals surface area contributed by atoms with Gasteiger partial charge in [0.25, 0.3) is 0 Å². The van der Waals surface area contributed by atoms with Crippen molar-refractivity contribution >= 4 is 39.1 Å². The van der Waals surface area contributed by atoms with Gasteiger partial charge in [-0.15, -0.1) is 5.69 Å². The van der Waals surface area contributed by atoms with Gasteiger partial charge in [0.15, 0.2) is 10.2 Å². The summed E-state index contributed by atoms with van der Waals surface area (Å²) in [5, 5.41) is 2.75. The van der Waals surface area contributed by atoms with Gasteiger partial charge in [0.2, 0.25) is 0 Å². The minimum Gasteiger partial charge on any atom is -0.562 e. The van der Waals surface area contributed by atoms with Gasteiger partial charge < -0.3 is 10.0 Å². The molecule has 18 heavy (non-hydrogen) atoms. The molecule has 1 fully saturated rings. The third-order valence-electron chi connectivity index (χ3n) is 2.61. The molecule has 1 aliphatic rings. The zero-order valence-electron chi connectivity index (χ0n) is 9.51. The highest BCUT2D eigenvalue weighted by Gasteiger charge is 2.19. The Hall–Kier alpha value is -0.530. The first kappa shape index (κ1) is 13.9. The first-order valence-corrected chi connectivity index (χ1v) is 7.64. The van der Waals surface area contributed by atoms with E-state index in [2.05, 4.69) is 10.0 Å². The lowest BCUT2D eigenvalue weighted by Crippen LogP contribution is -2.89. The van der Waals surface area contributed by atoms with E-state index in [1.54, 1.807) is 6.07 Å². The van der Waals surface area contributed by atoms with Gasteiger partial charge >= 0.3 is 0 Å². The standard InChI is InChI=1S/C10H12Cl2N3O2S/c11-8-1-2-10(9(12)7-8)14-18(16,17)15-5-3-13-4-6-15/h1-2,7,13H,3-6H2/q-1/p+1. The molecule has 0 spiro atoms. The van der Waals surface area contributed by atoms with Crippen LogP contribution in [0.3, 0.4) is 0 Å². The SMILES string of the molecule is O=S(=O)([N-]c1ccc(Cl)cc1Cl)N1CC[NH2+]CC1. The molecular formula is C10H13Cl2N3O2S. The van der Waals surface area contributed by atoms with E-state index in [1.807, 2.05) is 0 Å². The number of benzene rings is 1. The van der Waals surface area contributed by atoms with Gasteiger partial charge in [-0.3, -0.25) is 0 Å². The number of hydrogen-bond donors (Lipinski definition) is 1. The number of halogens is 2. The summed E-state index contributed by atoms with van der Waals surface area (Å²) in [4.78, 5) is 0. The molecule has 0 saturated carbocycles. The molecule has 0 bridgehead atoms. The van der Waals surface area contributed by atoms with Crippen LogP contribution >= 0.6 is 23.2 Å². The smallest absolute Gasteiger partial charge is 0.160 e. The van der Waals surface area contributed by atoms with Crippen LogP contribution in [0.25, 0.3) is 4.72 Å². The van der Waals surface area contributed by atoms with Crippen LogP contribution in [0.2, 0.25) is 10.0 Å². The summed E-state index contributed by atoms with van der Waals surface area (Å²) in [6.07, 6.45) is 0. The molecule has 5 nitrogen and oxygen atoms in total. The summed E-state index contributed by atoms with van der Waals surface area (Å²) < 4.78 is 29.2. The van der Waals surface area contributed by atoms with Gasteiger partial charge in [0, 0.05) is 10.0 Å². The van der Waals surface area contributed by atoms with Crippen LogP contribution < -0.4 is 5.32 Å². The number of rotatable bonds is 3. The number of hydrogen-bond acceptors (Lipinski definition) is 2. The monoisotopic (exact) mass is 309 g/mol. The third-order valence-corrected chi connectivity index (χ3v) is 4.60. The van der Waals surface area contributed by atoms with E-state index in [4.69, 9.17) is 23.2 Å². The Morgan fingerprint density at radius 2 is 1.89 bits per heavy atom. The molecule has 100 valence electrons. The van der Waals surface area contributed by atoms with Crippen LogP contribution in [0, 0.1) is 0 Å². The quantitative estimate of drug-likeness (QED) is 0.909. The van der Waals surface area contributed by atoms with Crippen LogP contribution in [-0.4, -0.2) is 38.9 Å². The molecule has 0 aromatic heterocycles. The van der Waals surface area contributed by atoms with E-state index >= 15 is 0 Å². The predicted molar refractivity (Wildman–Crippen MR) is 71.6 cm³/mol. The van der Waals surface area contributed by atoms with Crippen LogP contribution in [0.4, 0.5) is 5.69 Å². The van der Waals surface area contributed by atoms with Crippen molar-refractivity contribution in [3.63, 3.8) is 0 Å². The highest BCUT2D eigenvalue weighted by Crippen LogP contribution is 2.34. The van der Waals surface area contributed by atoms with Crippen LogP contribution in [0.15, 0.2) is 18.2 Å². The largest absolute Gasteiger partial charge is 0.562 e. The first-order valence-electron chi connectivity index (χ1n) is 5.49. The minimum atomic E-state index is -3.66. The average Bonchev–Trinajstić information content (AvgIpc) is 2.34. The fraction of sp³-hybridized carbons (Fsp3) is 0.400. The van der Waals surface area contributed by atoms with E-state index in [0.29, 0.717) is 18.1 Å². The van der Waals surface area contributed by atoms with E-state index in [-0.39, 0.29) is 10.7 Å². The number of piperazine rings is 1. The highest BCUT2D eigenvalue weighted by atomic mass is 35.5. The highest BCUT2D eigenvalue weighted by molar-refractivity contribution is 7.92. The van der Waals surface area contributed by atoms with Crippen molar-refractivity contribution in [1.82, 2.24) is 4.31 Å². The molecule has 8 heteroatoms. The second-order valence-corrected chi connectivity index (χ2v) is 6.37. The van der Waals surface area contributed by atoms with Crippen molar-refractivity contribution in [3.05, 3.63) is 33.0 Å². The van der Waals surface area contributed by atoms with Crippen LogP contribution in [-0.2, 0) is 10.2 Å². The third kappa shape index (κ3) is 3.27. The molecular weight excluding hydrogens is 297 g/mol. The molecule has 0 unspecified atom stereocenters. The topological polar surface area (TPSA) is 68.1 Å². The molecule has 0 radical (unpaired) electrons. The molecule has 1 aliphatic heterocycles. The van der Waals surface area contributed by atoms with Gasteiger partial charge in [-0.1, -0.05) is 29.3 Å². The van der Waals surface area contributed by atoms with Gasteiger partial charge in [-0.25, -0.2) is 12.7 Å². The Morgan fingerprint density at radius 1 is 1.22 bits per heavy atom. The number of quaternary nitrogens is 1. The van der Waals surface area contributed by atoms with Gasteiger partial charge in [0.1, 0.15) is 0 Å². The summed E-state index contributed by atoms with van der Waals surface area (Å²) in [6.45, 7) is 2.44. The Labute approximate surface area is 116 Å². The van der Waals surface area contributed by atoms with Gasteiger partial charge in [-0.2, -0.15) is 0 Å². The van der Waals surface area contributed by atoms with Crippen molar-refractivity contribution in [2.24, 2.45) is 0 Å². The first-order chi connectivity index (χ1) is 8.49. The second kappa shape index (κ2) is 5.63. The lowest BCUT2D eigenvalue weighted by Gasteiger charge is -2.33. The molecule has 1 saturated heterocycles. The molecule has 0 amide bonds. The molecule has 2 N–H and O–H groups in total. The van der Waals surface area contributed by atoms with E-state index in [9.17, 15) is 8.42 Å². The minimum absolute atomic E-state index is 0.218. The van der Waals surface area contributed by atoms with Crippen molar-refractivity contribution in [2.75, 3.05) is 26.2 Å². The lowest BCUT2D eigenvalue weighted by atomic mass is 10.3. The maximum Gasteiger partial charge on any atom is 0.160 e. The van der Waals surface area contributed by atoms with Crippen molar-refractivity contribution in [2.45, 2.75) is 0 Å². The van der Waals surface area contributed by atoms with E-state index in [1.165, 1.54) is 16.4 Å². The maximum atomic E-state index is 12.0.